The van der Waals surface area contributed by atoms with Crippen LogP contribution in [-0.4, -0.2) is 23.4 Å². The van der Waals surface area contributed by atoms with Gasteiger partial charge in [0.05, 0.1) is 24.2 Å². The molecule has 5 heteroatoms. The van der Waals surface area contributed by atoms with Crippen molar-refractivity contribution in [2.45, 2.75) is 25.0 Å². The SMILES string of the molecule is Oc1ccc(Oc2cccc3cccc(O)c23)c2c1C1(CCC2)OCCO1. The number of hydrogen-bond acceptors (Lipinski definition) is 5. The molecule has 0 bridgehead atoms. The van der Waals surface area contributed by atoms with E-state index in [2.05, 4.69) is 0 Å². The van der Waals surface area contributed by atoms with Gasteiger partial charge in [-0.05, 0) is 42.5 Å². The Kier molecular flexibility index (Phi) is 3.74. The Morgan fingerprint density at radius 1 is 0.852 bits per heavy atom. The summed E-state index contributed by atoms with van der Waals surface area (Å²) in [6.45, 7) is 1.03. The van der Waals surface area contributed by atoms with E-state index in [1.54, 1.807) is 18.2 Å². The zero-order chi connectivity index (χ0) is 18.4. The monoisotopic (exact) mass is 364 g/mol. The Balaban J connectivity index is 1.64. The van der Waals surface area contributed by atoms with Gasteiger partial charge in [0.1, 0.15) is 23.0 Å². The lowest BCUT2D eigenvalue weighted by Gasteiger charge is -2.35. The third kappa shape index (κ3) is 2.54. The number of phenols is 2. The van der Waals surface area contributed by atoms with E-state index >= 15 is 0 Å². The maximum Gasteiger partial charge on any atom is 0.198 e. The first-order chi connectivity index (χ1) is 13.2. The van der Waals surface area contributed by atoms with Gasteiger partial charge in [-0.15, -0.1) is 0 Å². The van der Waals surface area contributed by atoms with Gasteiger partial charge in [0, 0.05) is 12.0 Å². The molecule has 138 valence electrons. The highest BCUT2D eigenvalue weighted by Crippen LogP contribution is 2.49. The van der Waals surface area contributed by atoms with Crippen LogP contribution in [0.5, 0.6) is 23.0 Å². The van der Waals surface area contributed by atoms with Crippen molar-refractivity contribution in [2.24, 2.45) is 0 Å². The minimum Gasteiger partial charge on any atom is -0.507 e. The number of rotatable bonds is 2. The van der Waals surface area contributed by atoms with Crippen molar-refractivity contribution in [1.29, 1.82) is 0 Å². The molecule has 2 aliphatic rings. The van der Waals surface area contributed by atoms with E-state index in [4.69, 9.17) is 14.2 Å². The average Bonchev–Trinajstić information content (AvgIpc) is 3.13. The molecule has 0 aromatic heterocycles. The van der Waals surface area contributed by atoms with Crippen LogP contribution in [0.15, 0.2) is 48.5 Å². The van der Waals surface area contributed by atoms with Crippen LogP contribution in [-0.2, 0) is 21.7 Å². The van der Waals surface area contributed by atoms with Gasteiger partial charge < -0.3 is 24.4 Å². The minimum absolute atomic E-state index is 0.166. The summed E-state index contributed by atoms with van der Waals surface area (Å²) in [5.74, 6) is 0.690. The van der Waals surface area contributed by atoms with Crippen LogP contribution in [0.1, 0.15) is 24.0 Å². The quantitative estimate of drug-likeness (QED) is 0.697. The summed E-state index contributed by atoms with van der Waals surface area (Å²) in [7, 11) is 0. The highest BCUT2D eigenvalue weighted by Gasteiger charge is 2.45. The molecular weight excluding hydrogens is 344 g/mol. The van der Waals surface area contributed by atoms with Crippen LogP contribution >= 0.6 is 0 Å². The molecule has 0 unspecified atom stereocenters. The van der Waals surface area contributed by atoms with E-state index in [-0.39, 0.29) is 11.5 Å². The molecule has 0 amide bonds. The third-order valence-electron chi connectivity index (χ3n) is 5.38. The number of ether oxygens (including phenoxy) is 3. The predicted molar refractivity (Wildman–Crippen MR) is 100 cm³/mol. The lowest BCUT2D eigenvalue weighted by molar-refractivity contribution is -0.176. The fraction of sp³-hybridized carbons (Fsp3) is 0.273. The molecule has 0 radical (unpaired) electrons. The molecule has 0 saturated carbocycles. The molecule has 1 aliphatic heterocycles. The molecule has 5 nitrogen and oxygen atoms in total. The molecule has 1 spiro atoms. The van der Waals surface area contributed by atoms with Gasteiger partial charge in [0.25, 0.3) is 0 Å². The van der Waals surface area contributed by atoms with Crippen molar-refractivity contribution in [3.63, 3.8) is 0 Å². The van der Waals surface area contributed by atoms with Crippen LogP contribution < -0.4 is 4.74 Å². The summed E-state index contributed by atoms with van der Waals surface area (Å²) < 4.78 is 18.1. The van der Waals surface area contributed by atoms with Gasteiger partial charge in [-0.25, -0.2) is 0 Å². The summed E-state index contributed by atoms with van der Waals surface area (Å²) in [4.78, 5) is 0. The first-order valence-corrected chi connectivity index (χ1v) is 9.20. The van der Waals surface area contributed by atoms with Crippen LogP contribution in [0.3, 0.4) is 0 Å². The van der Waals surface area contributed by atoms with Gasteiger partial charge in [0.2, 0.25) is 0 Å². The van der Waals surface area contributed by atoms with Crippen molar-refractivity contribution < 1.29 is 24.4 Å². The zero-order valence-corrected chi connectivity index (χ0v) is 14.8. The molecule has 1 fully saturated rings. The smallest absolute Gasteiger partial charge is 0.198 e. The van der Waals surface area contributed by atoms with Gasteiger partial charge in [-0.3, -0.25) is 0 Å². The van der Waals surface area contributed by atoms with Crippen LogP contribution in [0.25, 0.3) is 10.8 Å². The Bertz CT molecular complexity index is 1020. The number of aromatic hydroxyl groups is 2. The summed E-state index contributed by atoms with van der Waals surface area (Å²) in [5, 5.41) is 22.4. The van der Waals surface area contributed by atoms with E-state index < -0.39 is 5.79 Å². The molecule has 1 heterocycles. The summed E-state index contributed by atoms with van der Waals surface area (Å²) in [5.41, 5.74) is 1.57. The fourth-order valence-corrected chi connectivity index (χ4v) is 4.24. The van der Waals surface area contributed by atoms with Crippen LogP contribution in [0, 0.1) is 0 Å². The topological polar surface area (TPSA) is 68.2 Å². The van der Waals surface area contributed by atoms with Gasteiger partial charge in [0.15, 0.2) is 5.79 Å². The normalized spacial score (nSPS) is 17.9. The molecular formula is C22H20O5. The van der Waals surface area contributed by atoms with E-state index in [0.717, 1.165) is 23.8 Å². The molecule has 1 aliphatic carbocycles. The highest BCUT2D eigenvalue weighted by atomic mass is 16.7. The Morgan fingerprint density at radius 2 is 1.63 bits per heavy atom. The summed E-state index contributed by atoms with van der Waals surface area (Å²) in [6, 6.07) is 14.4. The number of fused-ring (bicyclic) bond motifs is 3. The Hall–Kier alpha value is -2.76. The first kappa shape index (κ1) is 16.4. The molecule has 2 N–H and O–H groups in total. The van der Waals surface area contributed by atoms with E-state index in [0.29, 0.717) is 42.1 Å². The largest absolute Gasteiger partial charge is 0.507 e. The van der Waals surface area contributed by atoms with Crippen molar-refractivity contribution in [3.05, 3.63) is 59.7 Å². The van der Waals surface area contributed by atoms with Gasteiger partial charge in [-0.1, -0.05) is 24.3 Å². The average molecular weight is 364 g/mol. The predicted octanol–water partition coefficient (Wildman–Crippen LogP) is 4.58. The maximum absolute atomic E-state index is 10.5. The first-order valence-electron chi connectivity index (χ1n) is 9.20. The van der Waals surface area contributed by atoms with Crippen molar-refractivity contribution >= 4 is 10.8 Å². The number of phenolic OH excluding ortho intramolecular Hbond substituents is 2. The van der Waals surface area contributed by atoms with Crippen molar-refractivity contribution in [2.75, 3.05) is 13.2 Å². The molecule has 0 atom stereocenters. The number of benzene rings is 3. The lowest BCUT2D eigenvalue weighted by Crippen LogP contribution is -2.32. The Morgan fingerprint density at radius 3 is 2.44 bits per heavy atom. The summed E-state index contributed by atoms with van der Waals surface area (Å²) in [6.07, 6.45) is 2.37. The molecule has 3 aromatic rings. The van der Waals surface area contributed by atoms with Crippen molar-refractivity contribution in [3.8, 4) is 23.0 Å². The fourth-order valence-electron chi connectivity index (χ4n) is 4.24. The van der Waals surface area contributed by atoms with Gasteiger partial charge in [-0.2, -0.15) is 0 Å². The standard InChI is InChI=1S/C22H20O5/c23-16-7-1-4-14-5-2-8-19(20(14)16)27-18-10-9-17(24)21-15(18)6-3-11-22(21)25-12-13-26-22/h1-2,4-5,7-10,23-24H,3,6,11-13H2. The lowest BCUT2D eigenvalue weighted by atomic mass is 9.85. The molecule has 3 aromatic carbocycles. The van der Waals surface area contributed by atoms with Crippen molar-refractivity contribution in [1.82, 2.24) is 0 Å². The second-order valence-electron chi connectivity index (χ2n) is 6.97. The second-order valence-corrected chi connectivity index (χ2v) is 6.97. The summed E-state index contributed by atoms with van der Waals surface area (Å²) >= 11 is 0. The van der Waals surface area contributed by atoms with E-state index in [9.17, 15) is 10.2 Å². The minimum atomic E-state index is -0.877. The zero-order valence-electron chi connectivity index (χ0n) is 14.8. The second kappa shape index (κ2) is 6.15. The van der Waals surface area contributed by atoms with Gasteiger partial charge >= 0.3 is 0 Å². The molecule has 27 heavy (non-hydrogen) atoms. The third-order valence-corrected chi connectivity index (χ3v) is 5.38. The van der Waals surface area contributed by atoms with E-state index in [1.165, 1.54) is 0 Å². The maximum atomic E-state index is 10.5. The Labute approximate surface area is 156 Å². The highest BCUT2D eigenvalue weighted by molar-refractivity contribution is 5.93. The van der Waals surface area contributed by atoms with E-state index in [1.807, 2.05) is 30.3 Å². The molecule has 1 saturated heterocycles. The number of hydrogen-bond donors (Lipinski definition) is 2. The van der Waals surface area contributed by atoms with Crippen LogP contribution in [0.4, 0.5) is 0 Å². The molecule has 5 rings (SSSR count). The van der Waals surface area contributed by atoms with Crippen LogP contribution in [0.2, 0.25) is 0 Å².